The van der Waals surface area contributed by atoms with E-state index in [1.165, 1.54) is 12.1 Å². The molecule has 0 unspecified atom stereocenters. The molecule has 4 heteroatoms. The lowest BCUT2D eigenvalue weighted by Crippen LogP contribution is -1.92. The van der Waals surface area contributed by atoms with Crippen molar-refractivity contribution in [2.45, 2.75) is 13.8 Å². The third-order valence-electron chi connectivity index (χ3n) is 2.21. The summed E-state index contributed by atoms with van der Waals surface area (Å²) in [6.07, 6.45) is 0. The van der Waals surface area contributed by atoms with Gasteiger partial charge in [0.25, 0.3) is 0 Å². The molecule has 0 saturated heterocycles. The summed E-state index contributed by atoms with van der Waals surface area (Å²) in [5.41, 5.74) is 2.46. The van der Waals surface area contributed by atoms with Crippen LogP contribution in [0.15, 0.2) is 24.3 Å². The number of halogens is 1. The van der Waals surface area contributed by atoms with E-state index in [1.54, 1.807) is 6.07 Å². The summed E-state index contributed by atoms with van der Waals surface area (Å²) in [5.74, 6) is 0.480. The Morgan fingerprint density at radius 2 is 1.94 bits per heavy atom. The molecule has 0 spiro atoms. The number of nitrogens with one attached hydrogen (secondary N) is 1. The lowest BCUT2D eigenvalue weighted by Gasteiger charge is -2.05. The van der Waals surface area contributed by atoms with Crippen LogP contribution in [0.1, 0.15) is 11.4 Å². The van der Waals surface area contributed by atoms with Gasteiger partial charge in [-0.15, -0.1) is 0 Å². The minimum Gasteiger partial charge on any atom is -0.343 e. The fraction of sp³-hybridized carbons (Fsp3) is 0.167. The molecule has 2 rings (SSSR count). The highest BCUT2D eigenvalue weighted by molar-refractivity contribution is 7.71. The maximum atomic E-state index is 13.3. The highest BCUT2D eigenvalue weighted by Crippen LogP contribution is 2.19. The van der Waals surface area contributed by atoms with E-state index in [0.717, 1.165) is 22.6 Å². The number of rotatable bonds is 1. The smallest absolute Gasteiger partial charge is 0.130 e. The average molecular weight is 234 g/mol. The van der Waals surface area contributed by atoms with Crippen LogP contribution >= 0.6 is 12.2 Å². The molecule has 1 aromatic carbocycles. The predicted molar refractivity (Wildman–Crippen MR) is 64.3 cm³/mol. The third kappa shape index (κ3) is 2.33. The highest BCUT2D eigenvalue weighted by Gasteiger charge is 2.02. The standard InChI is InChI=1S/C12H11FN2S/c1-7-3-9(5-10(13)4-7)11-6-12(16)15-8(2)14-11/h3-6H,1-2H3,(H,14,15,16). The second-order valence-corrected chi connectivity index (χ2v) is 4.15. The minimum atomic E-state index is -0.246. The average Bonchev–Trinajstić information content (AvgIpc) is 2.14. The summed E-state index contributed by atoms with van der Waals surface area (Å²) >= 11 is 5.03. The van der Waals surface area contributed by atoms with Gasteiger partial charge in [0.2, 0.25) is 0 Å². The molecule has 0 atom stereocenters. The van der Waals surface area contributed by atoms with Crippen molar-refractivity contribution >= 4 is 12.2 Å². The van der Waals surface area contributed by atoms with Crippen LogP contribution in [-0.2, 0) is 0 Å². The van der Waals surface area contributed by atoms with Crippen molar-refractivity contribution in [1.82, 2.24) is 9.97 Å². The molecular formula is C12H11FN2S. The first-order valence-corrected chi connectivity index (χ1v) is 5.31. The summed E-state index contributed by atoms with van der Waals surface area (Å²) in [5, 5.41) is 0. The SMILES string of the molecule is Cc1cc(F)cc(-c2cc(=S)nc(C)[nH]2)c1. The first-order chi connectivity index (χ1) is 7.54. The summed E-state index contributed by atoms with van der Waals surface area (Å²) in [6, 6.07) is 6.61. The molecule has 2 nitrogen and oxygen atoms in total. The summed E-state index contributed by atoms with van der Waals surface area (Å²) in [7, 11) is 0. The van der Waals surface area contributed by atoms with Gasteiger partial charge in [0.15, 0.2) is 0 Å². The molecule has 0 aliphatic rings. The molecule has 82 valence electrons. The van der Waals surface area contributed by atoms with Crippen molar-refractivity contribution in [2.75, 3.05) is 0 Å². The molecule has 0 saturated carbocycles. The zero-order chi connectivity index (χ0) is 11.7. The Bertz CT molecular complexity index is 570. The quantitative estimate of drug-likeness (QED) is 0.764. The normalized spacial score (nSPS) is 10.4. The fourth-order valence-electron chi connectivity index (χ4n) is 1.63. The van der Waals surface area contributed by atoms with Gasteiger partial charge >= 0.3 is 0 Å². The Morgan fingerprint density at radius 3 is 2.56 bits per heavy atom. The molecule has 0 radical (unpaired) electrons. The Morgan fingerprint density at radius 1 is 1.19 bits per heavy atom. The zero-order valence-electron chi connectivity index (χ0n) is 9.04. The van der Waals surface area contributed by atoms with E-state index in [9.17, 15) is 4.39 Å². The van der Waals surface area contributed by atoms with Gasteiger partial charge in [0.05, 0.1) is 0 Å². The van der Waals surface area contributed by atoms with Gasteiger partial charge in [-0.1, -0.05) is 12.2 Å². The first-order valence-electron chi connectivity index (χ1n) is 4.90. The molecule has 2 aromatic rings. The Hall–Kier alpha value is -1.55. The molecule has 0 fully saturated rings. The molecule has 1 N–H and O–H groups in total. The summed E-state index contributed by atoms with van der Waals surface area (Å²) < 4.78 is 13.8. The second kappa shape index (κ2) is 4.14. The summed E-state index contributed by atoms with van der Waals surface area (Å²) in [4.78, 5) is 7.14. The largest absolute Gasteiger partial charge is 0.343 e. The number of aromatic nitrogens is 2. The maximum absolute atomic E-state index is 13.3. The number of nitrogens with zero attached hydrogens (tertiary/aromatic N) is 1. The number of aryl methyl sites for hydroxylation is 2. The van der Waals surface area contributed by atoms with Gasteiger partial charge in [-0.3, -0.25) is 0 Å². The Balaban J connectivity index is 2.62. The second-order valence-electron chi connectivity index (χ2n) is 3.74. The van der Waals surface area contributed by atoms with E-state index >= 15 is 0 Å². The Labute approximate surface area is 98.2 Å². The van der Waals surface area contributed by atoms with Crippen LogP contribution in [0.4, 0.5) is 4.39 Å². The molecule has 0 amide bonds. The topological polar surface area (TPSA) is 28.7 Å². The first kappa shape index (κ1) is 11.0. The van der Waals surface area contributed by atoms with Gasteiger partial charge in [-0.05, 0) is 43.7 Å². The van der Waals surface area contributed by atoms with E-state index in [1.807, 2.05) is 19.9 Å². The van der Waals surface area contributed by atoms with Gasteiger partial charge in [0.1, 0.15) is 16.3 Å². The fourth-order valence-corrected chi connectivity index (χ4v) is 1.88. The maximum Gasteiger partial charge on any atom is 0.130 e. The van der Waals surface area contributed by atoms with Crippen LogP contribution in [0.2, 0.25) is 0 Å². The molecule has 16 heavy (non-hydrogen) atoms. The van der Waals surface area contributed by atoms with E-state index in [4.69, 9.17) is 12.2 Å². The van der Waals surface area contributed by atoms with Crippen molar-refractivity contribution in [2.24, 2.45) is 0 Å². The van der Waals surface area contributed by atoms with Gasteiger partial charge < -0.3 is 4.98 Å². The van der Waals surface area contributed by atoms with Crippen LogP contribution in [0.25, 0.3) is 11.3 Å². The highest BCUT2D eigenvalue weighted by atomic mass is 32.1. The zero-order valence-corrected chi connectivity index (χ0v) is 9.86. The van der Waals surface area contributed by atoms with Crippen LogP contribution in [-0.4, -0.2) is 9.97 Å². The van der Waals surface area contributed by atoms with Crippen molar-refractivity contribution in [3.8, 4) is 11.3 Å². The van der Waals surface area contributed by atoms with Gasteiger partial charge in [-0.25, -0.2) is 9.37 Å². The number of benzene rings is 1. The molecule has 0 aliphatic heterocycles. The van der Waals surface area contributed by atoms with E-state index in [-0.39, 0.29) is 5.82 Å². The number of H-pyrrole nitrogens is 1. The van der Waals surface area contributed by atoms with Crippen molar-refractivity contribution in [3.05, 3.63) is 46.1 Å². The van der Waals surface area contributed by atoms with Crippen LogP contribution in [0.5, 0.6) is 0 Å². The molecule has 0 bridgehead atoms. The lowest BCUT2D eigenvalue weighted by atomic mass is 10.1. The number of hydrogen-bond acceptors (Lipinski definition) is 2. The van der Waals surface area contributed by atoms with Crippen molar-refractivity contribution in [1.29, 1.82) is 0 Å². The van der Waals surface area contributed by atoms with E-state index in [2.05, 4.69) is 9.97 Å². The molecule has 1 aromatic heterocycles. The minimum absolute atomic E-state index is 0.246. The van der Waals surface area contributed by atoms with Gasteiger partial charge in [-0.2, -0.15) is 0 Å². The monoisotopic (exact) mass is 234 g/mol. The number of aromatic amines is 1. The van der Waals surface area contributed by atoms with Crippen molar-refractivity contribution in [3.63, 3.8) is 0 Å². The lowest BCUT2D eigenvalue weighted by molar-refractivity contribution is 0.627. The third-order valence-corrected chi connectivity index (χ3v) is 2.42. The van der Waals surface area contributed by atoms with E-state index < -0.39 is 0 Å². The predicted octanol–water partition coefficient (Wildman–Crippen LogP) is 3.56. The van der Waals surface area contributed by atoms with Crippen LogP contribution < -0.4 is 0 Å². The molecule has 0 aliphatic carbocycles. The molecular weight excluding hydrogens is 223 g/mol. The van der Waals surface area contributed by atoms with Crippen LogP contribution in [0.3, 0.4) is 0 Å². The molecule has 1 heterocycles. The summed E-state index contributed by atoms with van der Waals surface area (Å²) in [6.45, 7) is 3.68. The van der Waals surface area contributed by atoms with Crippen molar-refractivity contribution < 1.29 is 4.39 Å². The van der Waals surface area contributed by atoms with Gasteiger partial charge in [0, 0.05) is 11.3 Å². The van der Waals surface area contributed by atoms with E-state index in [0.29, 0.717) is 4.64 Å². The van der Waals surface area contributed by atoms with Crippen LogP contribution in [0, 0.1) is 24.3 Å². The number of hydrogen-bond donors (Lipinski definition) is 1. The Kier molecular flexibility index (Phi) is 2.83.